The second kappa shape index (κ2) is 6.49. The number of para-hydroxylation sites is 1. The number of amides is 1. The number of carbonyl (C=O) groups is 1. The third-order valence-corrected chi connectivity index (χ3v) is 4.19. The van der Waals surface area contributed by atoms with Gasteiger partial charge in [-0.25, -0.2) is 4.68 Å². The number of hydrogen-bond donors (Lipinski definition) is 1. The summed E-state index contributed by atoms with van der Waals surface area (Å²) >= 11 is 6.21. The van der Waals surface area contributed by atoms with Gasteiger partial charge in [0.05, 0.1) is 40.4 Å². The van der Waals surface area contributed by atoms with E-state index in [4.69, 9.17) is 11.6 Å². The maximum Gasteiger partial charge on any atom is 0.255 e. The van der Waals surface area contributed by atoms with E-state index in [0.717, 1.165) is 22.6 Å². The highest BCUT2D eigenvalue weighted by molar-refractivity contribution is 6.32. The summed E-state index contributed by atoms with van der Waals surface area (Å²) < 4.78 is 3.40. The number of nitrogens with zero attached hydrogens (tertiary/aromatic N) is 4. The lowest BCUT2D eigenvalue weighted by Gasteiger charge is -2.07. The number of rotatable bonds is 4. The number of carbonyl (C=O) groups excluding carboxylic acids is 1. The molecule has 24 heavy (non-hydrogen) atoms. The molecular weight excluding hydrogens is 326 g/mol. The van der Waals surface area contributed by atoms with Crippen molar-refractivity contribution in [2.45, 2.75) is 20.4 Å². The zero-order chi connectivity index (χ0) is 17.3. The molecule has 0 atom stereocenters. The molecule has 7 heteroatoms. The Balaban J connectivity index is 1.79. The SMILES string of the molecule is Cc1cn(C)nc1CNC(=O)c1cnn(-c2ccccc2Cl)c1C. The maximum atomic E-state index is 12.5. The summed E-state index contributed by atoms with van der Waals surface area (Å²) in [5.74, 6) is -0.184. The largest absolute Gasteiger partial charge is 0.346 e. The Morgan fingerprint density at radius 1 is 1.29 bits per heavy atom. The van der Waals surface area contributed by atoms with Crippen LogP contribution in [0.15, 0.2) is 36.7 Å². The van der Waals surface area contributed by atoms with E-state index in [9.17, 15) is 4.79 Å². The quantitative estimate of drug-likeness (QED) is 0.792. The second-order valence-corrected chi connectivity index (χ2v) is 6.03. The fraction of sp³-hybridized carbons (Fsp3) is 0.235. The van der Waals surface area contributed by atoms with Crippen molar-refractivity contribution in [3.8, 4) is 5.69 Å². The van der Waals surface area contributed by atoms with Crippen LogP contribution in [0, 0.1) is 13.8 Å². The van der Waals surface area contributed by atoms with Crippen LogP contribution >= 0.6 is 11.6 Å². The Morgan fingerprint density at radius 3 is 2.71 bits per heavy atom. The molecule has 6 nitrogen and oxygen atoms in total. The van der Waals surface area contributed by atoms with Crippen LogP contribution in [0.2, 0.25) is 5.02 Å². The van der Waals surface area contributed by atoms with Crippen molar-refractivity contribution in [1.82, 2.24) is 24.9 Å². The predicted molar refractivity (Wildman–Crippen MR) is 92.4 cm³/mol. The minimum absolute atomic E-state index is 0.184. The average Bonchev–Trinajstić information content (AvgIpc) is 3.08. The number of halogens is 1. The van der Waals surface area contributed by atoms with Gasteiger partial charge in [-0.05, 0) is 31.5 Å². The highest BCUT2D eigenvalue weighted by atomic mass is 35.5. The highest BCUT2D eigenvalue weighted by Crippen LogP contribution is 2.22. The lowest BCUT2D eigenvalue weighted by atomic mass is 10.2. The van der Waals surface area contributed by atoms with Crippen LogP contribution in [0.25, 0.3) is 5.69 Å². The van der Waals surface area contributed by atoms with Gasteiger partial charge in [0.15, 0.2) is 0 Å². The van der Waals surface area contributed by atoms with Crippen LogP contribution in [0.4, 0.5) is 0 Å². The molecule has 1 N–H and O–H groups in total. The van der Waals surface area contributed by atoms with E-state index in [2.05, 4.69) is 15.5 Å². The van der Waals surface area contributed by atoms with Crippen molar-refractivity contribution in [1.29, 1.82) is 0 Å². The predicted octanol–water partition coefficient (Wildman–Crippen LogP) is 2.81. The Kier molecular flexibility index (Phi) is 4.40. The average molecular weight is 344 g/mol. The maximum absolute atomic E-state index is 12.5. The molecule has 0 unspecified atom stereocenters. The Bertz CT molecular complexity index is 896. The zero-order valence-electron chi connectivity index (χ0n) is 13.7. The molecule has 0 saturated heterocycles. The van der Waals surface area contributed by atoms with E-state index in [0.29, 0.717) is 17.1 Å². The smallest absolute Gasteiger partial charge is 0.255 e. The third-order valence-electron chi connectivity index (χ3n) is 3.87. The summed E-state index contributed by atoms with van der Waals surface area (Å²) in [6.07, 6.45) is 3.47. The standard InChI is InChI=1S/C17H18ClN5O/c1-11-10-22(3)21-15(11)9-19-17(24)13-8-20-23(12(13)2)16-7-5-4-6-14(16)18/h4-8,10H,9H2,1-3H3,(H,19,24). The van der Waals surface area contributed by atoms with E-state index < -0.39 is 0 Å². The fourth-order valence-corrected chi connectivity index (χ4v) is 2.80. The normalized spacial score (nSPS) is 10.8. The van der Waals surface area contributed by atoms with E-state index in [1.807, 2.05) is 45.3 Å². The van der Waals surface area contributed by atoms with Gasteiger partial charge in [0, 0.05) is 13.2 Å². The van der Waals surface area contributed by atoms with Crippen LogP contribution < -0.4 is 5.32 Å². The molecule has 1 aromatic carbocycles. The number of hydrogen-bond acceptors (Lipinski definition) is 3. The molecule has 0 aliphatic heterocycles. The van der Waals surface area contributed by atoms with Gasteiger partial charge in [-0.2, -0.15) is 10.2 Å². The minimum atomic E-state index is -0.184. The summed E-state index contributed by atoms with van der Waals surface area (Å²) in [6.45, 7) is 4.19. The topological polar surface area (TPSA) is 64.7 Å². The fourth-order valence-electron chi connectivity index (χ4n) is 2.59. The van der Waals surface area contributed by atoms with Gasteiger partial charge in [-0.3, -0.25) is 9.48 Å². The number of nitrogens with one attached hydrogen (secondary N) is 1. The van der Waals surface area contributed by atoms with E-state index >= 15 is 0 Å². The van der Waals surface area contributed by atoms with Crippen molar-refractivity contribution >= 4 is 17.5 Å². The van der Waals surface area contributed by atoms with Crippen molar-refractivity contribution in [2.24, 2.45) is 7.05 Å². The molecule has 124 valence electrons. The lowest BCUT2D eigenvalue weighted by Crippen LogP contribution is -2.24. The summed E-state index contributed by atoms with van der Waals surface area (Å²) in [5.41, 5.74) is 3.89. The number of aryl methyl sites for hydroxylation is 2. The molecule has 0 fully saturated rings. The second-order valence-electron chi connectivity index (χ2n) is 5.62. The zero-order valence-corrected chi connectivity index (χ0v) is 14.5. The Hall–Kier alpha value is -2.60. The lowest BCUT2D eigenvalue weighted by molar-refractivity contribution is 0.0949. The first kappa shape index (κ1) is 16.3. The number of benzene rings is 1. The monoisotopic (exact) mass is 343 g/mol. The Morgan fingerprint density at radius 2 is 2.04 bits per heavy atom. The minimum Gasteiger partial charge on any atom is -0.346 e. The van der Waals surface area contributed by atoms with Crippen molar-refractivity contribution < 1.29 is 4.79 Å². The molecule has 0 aliphatic rings. The summed E-state index contributed by atoms with van der Waals surface area (Å²) in [7, 11) is 1.86. The van der Waals surface area contributed by atoms with E-state index in [1.165, 1.54) is 0 Å². The van der Waals surface area contributed by atoms with E-state index in [1.54, 1.807) is 21.6 Å². The van der Waals surface area contributed by atoms with Gasteiger partial charge in [0.25, 0.3) is 5.91 Å². The molecule has 0 bridgehead atoms. The van der Waals surface area contributed by atoms with Crippen LogP contribution in [-0.2, 0) is 13.6 Å². The molecule has 0 aliphatic carbocycles. The highest BCUT2D eigenvalue weighted by Gasteiger charge is 2.16. The van der Waals surface area contributed by atoms with Crippen molar-refractivity contribution in [2.75, 3.05) is 0 Å². The van der Waals surface area contributed by atoms with Gasteiger partial charge in [0.2, 0.25) is 0 Å². The van der Waals surface area contributed by atoms with Crippen molar-refractivity contribution in [3.05, 3.63) is 64.2 Å². The first-order valence-electron chi connectivity index (χ1n) is 7.54. The summed E-state index contributed by atoms with van der Waals surface area (Å²) in [6, 6.07) is 7.39. The van der Waals surface area contributed by atoms with Gasteiger partial charge >= 0.3 is 0 Å². The van der Waals surface area contributed by atoms with E-state index in [-0.39, 0.29) is 5.91 Å². The molecule has 1 amide bonds. The summed E-state index contributed by atoms with van der Waals surface area (Å²) in [4.78, 5) is 12.5. The molecular formula is C17H18ClN5O. The molecule has 3 rings (SSSR count). The summed E-state index contributed by atoms with van der Waals surface area (Å²) in [5, 5.41) is 12.1. The molecule has 0 saturated carbocycles. The first-order chi connectivity index (χ1) is 11.5. The van der Waals surface area contributed by atoms with Crippen LogP contribution in [0.1, 0.15) is 27.3 Å². The van der Waals surface area contributed by atoms with Crippen LogP contribution in [-0.4, -0.2) is 25.5 Å². The third kappa shape index (κ3) is 3.05. The van der Waals surface area contributed by atoms with Gasteiger partial charge in [0.1, 0.15) is 0 Å². The van der Waals surface area contributed by atoms with Gasteiger partial charge in [-0.15, -0.1) is 0 Å². The molecule has 3 aromatic rings. The molecule has 2 heterocycles. The number of aromatic nitrogens is 4. The molecule has 0 radical (unpaired) electrons. The van der Waals surface area contributed by atoms with Gasteiger partial charge < -0.3 is 5.32 Å². The van der Waals surface area contributed by atoms with Crippen molar-refractivity contribution in [3.63, 3.8) is 0 Å². The molecule has 0 spiro atoms. The van der Waals surface area contributed by atoms with Gasteiger partial charge in [-0.1, -0.05) is 23.7 Å². The first-order valence-corrected chi connectivity index (χ1v) is 7.92. The van der Waals surface area contributed by atoms with Crippen LogP contribution in [0.5, 0.6) is 0 Å². The Labute approximate surface area is 145 Å². The van der Waals surface area contributed by atoms with Crippen LogP contribution in [0.3, 0.4) is 0 Å². The molecule has 2 aromatic heterocycles.